The van der Waals surface area contributed by atoms with E-state index in [9.17, 15) is 14.8 Å². The first-order valence-corrected chi connectivity index (χ1v) is 8.35. The number of nitriles is 1. The molecule has 116 valence electrons. The van der Waals surface area contributed by atoms with Crippen molar-refractivity contribution in [3.8, 4) is 6.07 Å². The number of aryl methyl sites for hydroxylation is 1. The lowest BCUT2D eigenvalue weighted by atomic mass is 10.1. The van der Waals surface area contributed by atoms with Crippen LogP contribution < -0.4 is 5.32 Å². The van der Waals surface area contributed by atoms with Gasteiger partial charge in [-0.2, -0.15) is 17.0 Å². The first kappa shape index (κ1) is 16.5. The molecular weight excluding hydrogens is 301 g/mol. The number of aromatic nitrogens is 1. The van der Waals surface area contributed by atoms with Crippen molar-refractivity contribution < 1.29 is 9.50 Å². The molecule has 2 rings (SSSR count). The minimum absolute atomic E-state index is 0.00118. The Morgan fingerprint density at radius 2 is 2.27 bits per heavy atom. The van der Waals surface area contributed by atoms with Crippen LogP contribution in [0.25, 0.3) is 10.9 Å². The van der Waals surface area contributed by atoms with E-state index < -0.39 is 0 Å². The van der Waals surface area contributed by atoms with Crippen molar-refractivity contribution in [2.24, 2.45) is 0 Å². The van der Waals surface area contributed by atoms with Gasteiger partial charge < -0.3 is 10.4 Å². The highest BCUT2D eigenvalue weighted by Gasteiger charge is 2.15. The molecule has 0 spiro atoms. The van der Waals surface area contributed by atoms with Crippen molar-refractivity contribution in [1.82, 2.24) is 4.98 Å². The zero-order valence-corrected chi connectivity index (χ0v) is 13.4. The number of aliphatic hydroxyl groups excluding tert-OH is 1. The van der Waals surface area contributed by atoms with Crippen molar-refractivity contribution in [1.29, 1.82) is 5.26 Å². The summed E-state index contributed by atoms with van der Waals surface area (Å²) in [5, 5.41) is 22.4. The maximum atomic E-state index is 13.8. The second-order valence-corrected chi connectivity index (χ2v) is 6.00. The molecule has 0 aliphatic heterocycles. The molecule has 2 N–H and O–H groups in total. The largest absolute Gasteiger partial charge is 0.396 e. The Morgan fingerprint density at radius 3 is 2.91 bits per heavy atom. The molecular formula is C16H18FN3OS. The van der Waals surface area contributed by atoms with E-state index in [-0.39, 0.29) is 18.5 Å². The van der Waals surface area contributed by atoms with Gasteiger partial charge in [0.1, 0.15) is 11.9 Å². The van der Waals surface area contributed by atoms with Crippen molar-refractivity contribution in [2.75, 3.05) is 23.9 Å². The molecule has 1 aromatic carbocycles. The second-order valence-electron chi connectivity index (χ2n) is 5.09. The SMILES string of the molecule is CSC[C@H](CCO)Nc1c(C#N)cnc2c(C)cc(F)cc12. The van der Waals surface area contributed by atoms with Gasteiger partial charge in [-0.25, -0.2) is 4.39 Å². The summed E-state index contributed by atoms with van der Waals surface area (Å²) < 4.78 is 13.8. The summed E-state index contributed by atoms with van der Waals surface area (Å²) in [7, 11) is 0. The lowest BCUT2D eigenvalue weighted by molar-refractivity contribution is 0.282. The molecule has 0 saturated carbocycles. The van der Waals surface area contributed by atoms with Crippen LogP contribution in [0.2, 0.25) is 0 Å². The highest BCUT2D eigenvalue weighted by Crippen LogP contribution is 2.29. The molecule has 0 fully saturated rings. The average molecular weight is 319 g/mol. The molecule has 0 radical (unpaired) electrons. The summed E-state index contributed by atoms with van der Waals surface area (Å²) in [6.45, 7) is 1.85. The number of aliphatic hydroxyl groups is 1. The number of pyridine rings is 1. The van der Waals surface area contributed by atoms with Gasteiger partial charge in [0.2, 0.25) is 0 Å². The van der Waals surface area contributed by atoms with Gasteiger partial charge in [0.15, 0.2) is 0 Å². The smallest absolute Gasteiger partial charge is 0.124 e. The predicted octanol–water partition coefficient (Wildman–Crippen LogP) is 3.08. The van der Waals surface area contributed by atoms with E-state index in [4.69, 9.17) is 0 Å². The van der Waals surface area contributed by atoms with Gasteiger partial charge in [-0.3, -0.25) is 4.98 Å². The highest BCUT2D eigenvalue weighted by molar-refractivity contribution is 7.98. The zero-order valence-electron chi connectivity index (χ0n) is 12.6. The van der Waals surface area contributed by atoms with Crippen LogP contribution in [0.15, 0.2) is 18.3 Å². The Kier molecular flexibility index (Phi) is 5.58. The number of hydrogen-bond donors (Lipinski definition) is 2. The average Bonchev–Trinajstić information content (AvgIpc) is 2.48. The van der Waals surface area contributed by atoms with E-state index in [1.54, 1.807) is 18.7 Å². The van der Waals surface area contributed by atoms with Crippen LogP contribution in [-0.2, 0) is 0 Å². The molecule has 0 unspecified atom stereocenters. The number of fused-ring (bicyclic) bond motifs is 1. The minimum atomic E-state index is -0.353. The summed E-state index contributed by atoms with van der Waals surface area (Å²) >= 11 is 1.65. The van der Waals surface area contributed by atoms with E-state index in [2.05, 4.69) is 16.4 Å². The number of rotatable bonds is 6. The van der Waals surface area contributed by atoms with E-state index in [1.807, 2.05) is 6.26 Å². The standard InChI is InChI=1S/C16H18FN3OS/c1-10-5-12(17)6-14-15(10)19-8-11(7-18)16(14)20-13(3-4-21)9-22-2/h5-6,8,13,21H,3-4,9H2,1-2H3,(H,19,20)/t13-/m0/s1. The fraction of sp³-hybridized carbons (Fsp3) is 0.375. The molecule has 1 atom stereocenters. The number of nitrogens with zero attached hydrogens (tertiary/aromatic N) is 2. The number of anilines is 1. The molecule has 1 heterocycles. The van der Waals surface area contributed by atoms with E-state index in [0.717, 1.165) is 11.3 Å². The Balaban J connectivity index is 2.56. The Labute approximate surface area is 133 Å². The molecule has 0 aliphatic rings. The summed E-state index contributed by atoms with van der Waals surface area (Å²) in [5.74, 6) is 0.428. The zero-order chi connectivity index (χ0) is 16.1. The summed E-state index contributed by atoms with van der Waals surface area (Å²) in [6, 6.07) is 4.93. The van der Waals surface area contributed by atoms with Gasteiger partial charge >= 0.3 is 0 Å². The van der Waals surface area contributed by atoms with Crippen molar-refractivity contribution in [3.05, 3.63) is 35.3 Å². The number of halogens is 1. The van der Waals surface area contributed by atoms with Crippen molar-refractivity contribution >= 4 is 28.4 Å². The van der Waals surface area contributed by atoms with Crippen molar-refractivity contribution in [3.63, 3.8) is 0 Å². The third-order valence-electron chi connectivity index (χ3n) is 3.44. The van der Waals surface area contributed by atoms with Gasteiger partial charge in [-0.1, -0.05) is 0 Å². The lowest BCUT2D eigenvalue weighted by Crippen LogP contribution is -2.24. The summed E-state index contributed by atoms with van der Waals surface area (Å²) in [6.07, 6.45) is 4.04. The van der Waals surface area contributed by atoms with Gasteiger partial charge in [-0.15, -0.1) is 0 Å². The third kappa shape index (κ3) is 3.49. The molecule has 1 aromatic heterocycles. The Bertz CT molecular complexity index is 709. The third-order valence-corrected chi connectivity index (χ3v) is 4.18. The monoisotopic (exact) mass is 319 g/mol. The van der Waals surface area contributed by atoms with E-state index in [0.29, 0.717) is 28.6 Å². The fourth-order valence-electron chi connectivity index (χ4n) is 2.43. The molecule has 22 heavy (non-hydrogen) atoms. The second kappa shape index (κ2) is 7.43. The molecule has 0 saturated heterocycles. The number of thioether (sulfide) groups is 1. The lowest BCUT2D eigenvalue weighted by Gasteiger charge is -2.20. The number of benzene rings is 1. The number of hydrogen-bond acceptors (Lipinski definition) is 5. The summed E-state index contributed by atoms with van der Waals surface area (Å²) in [4.78, 5) is 4.27. The maximum Gasteiger partial charge on any atom is 0.124 e. The highest BCUT2D eigenvalue weighted by atomic mass is 32.2. The molecule has 6 heteroatoms. The molecule has 0 amide bonds. The van der Waals surface area contributed by atoms with E-state index >= 15 is 0 Å². The van der Waals surface area contributed by atoms with Gasteiger partial charge in [0.05, 0.1) is 16.8 Å². The minimum Gasteiger partial charge on any atom is -0.396 e. The Morgan fingerprint density at radius 1 is 1.50 bits per heavy atom. The van der Waals surface area contributed by atoms with Crippen LogP contribution in [0.5, 0.6) is 0 Å². The molecule has 0 bridgehead atoms. The first-order valence-electron chi connectivity index (χ1n) is 6.96. The normalized spacial score (nSPS) is 12.1. The molecule has 4 nitrogen and oxygen atoms in total. The quantitative estimate of drug-likeness (QED) is 0.856. The Hall–Kier alpha value is -1.84. The molecule has 0 aliphatic carbocycles. The van der Waals surface area contributed by atoms with Crippen LogP contribution in [0, 0.1) is 24.1 Å². The first-order chi connectivity index (χ1) is 10.6. The van der Waals surface area contributed by atoms with E-state index in [1.165, 1.54) is 18.3 Å². The summed E-state index contributed by atoms with van der Waals surface area (Å²) in [5.41, 5.74) is 2.37. The van der Waals surface area contributed by atoms with Gasteiger partial charge in [0.25, 0.3) is 0 Å². The number of nitrogens with one attached hydrogen (secondary N) is 1. The van der Waals surface area contributed by atoms with Crippen LogP contribution in [-0.4, -0.2) is 34.7 Å². The van der Waals surface area contributed by atoms with Gasteiger partial charge in [-0.05, 0) is 37.3 Å². The predicted molar refractivity (Wildman–Crippen MR) is 88.6 cm³/mol. The van der Waals surface area contributed by atoms with Crippen LogP contribution >= 0.6 is 11.8 Å². The van der Waals surface area contributed by atoms with Crippen LogP contribution in [0.1, 0.15) is 17.5 Å². The fourth-order valence-corrected chi connectivity index (χ4v) is 3.09. The topological polar surface area (TPSA) is 68.9 Å². The maximum absolute atomic E-state index is 13.8. The van der Waals surface area contributed by atoms with Crippen LogP contribution in [0.3, 0.4) is 0 Å². The van der Waals surface area contributed by atoms with Crippen LogP contribution in [0.4, 0.5) is 10.1 Å². The van der Waals surface area contributed by atoms with Gasteiger partial charge in [0, 0.05) is 30.0 Å². The molecule has 2 aromatic rings. The van der Waals surface area contributed by atoms with Crippen molar-refractivity contribution in [2.45, 2.75) is 19.4 Å².